The maximum Gasteiger partial charge on any atom is 0.478 e. The van der Waals surface area contributed by atoms with Gasteiger partial charge in [-0.25, -0.2) is 87.8 Å². The first-order valence-electron chi connectivity index (χ1n) is 18.0. The molecule has 2 nitrogen and oxygen atoms in total. The van der Waals surface area contributed by atoms with Crippen molar-refractivity contribution in [2.75, 3.05) is 0 Å². The van der Waals surface area contributed by atoms with E-state index in [1.54, 1.807) is 54.6 Å². The summed E-state index contributed by atoms with van der Waals surface area (Å²) < 4.78 is 335. The molecule has 7 aromatic rings. The van der Waals surface area contributed by atoms with Crippen molar-refractivity contribution < 1.29 is 110 Å². The number of hydrogen-bond donors (Lipinski definition) is 0. The van der Waals surface area contributed by atoms with Gasteiger partial charge in [-0.2, -0.15) is 17.7 Å². The molecule has 0 amide bonds. The van der Waals surface area contributed by atoms with Gasteiger partial charge in [0.2, 0.25) is 12.3 Å². The van der Waals surface area contributed by atoms with Crippen molar-refractivity contribution in [3.05, 3.63) is 194 Å². The van der Waals surface area contributed by atoms with Gasteiger partial charge in [0.25, 0.3) is 5.69 Å². The quantitative estimate of drug-likeness (QED) is 0.0390. The van der Waals surface area contributed by atoms with Crippen molar-refractivity contribution in [3.63, 3.8) is 0 Å². The van der Waals surface area contributed by atoms with Crippen LogP contribution in [0.5, 0.6) is 0 Å². The largest absolute Gasteiger partial charge is 0.478 e. The molecule has 0 bridgehead atoms. The summed E-state index contributed by atoms with van der Waals surface area (Å²) in [6, 6.07) is 16.2. The van der Waals surface area contributed by atoms with E-state index in [0.29, 0.717) is 10.9 Å². The second-order valence-corrected chi connectivity index (χ2v) is 14.0. The van der Waals surface area contributed by atoms with Crippen LogP contribution in [0.1, 0.15) is 16.1 Å². The Hall–Kier alpha value is -7.15. The number of fused-ring (bicyclic) bond motifs is 1. The molecule has 0 aliphatic rings. The lowest BCUT2D eigenvalue weighted by Gasteiger charge is -2.44. The van der Waals surface area contributed by atoms with Gasteiger partial charge in [0, 0.05) is 11.6 Å². The molecule has 68 heavy (non-hydrogen) atoms. The first kappa shape index (κ1) is 50.3. The van der Waals surface area contributed by atoms with E-state index in [1.165, 1.54) is 12.3 Å². The standard InChI is InChI=1S/C24BF20.C18H13F3NO/c26-5-1(6(27)14(35)21(42)13(5)34)25(2-7(28)15(36)22(43)16(37)8(2)29,3-9(30)17(38)23(44)18(39)10(3)31)4-11(32)19(40)24(45)20(41)12(4)33;19-18(20,21)17-15-9-5-4-6-13(15)10-11-22(17)12-16(23)14-7-2-1-3-8-14/h;1-11H,12H2/q-1;+1. The van der Waals surface area contributed by atoms with Crippen molar-refractivity contribution >= 4 is 44.6 Å². The average molecular weight is 995 g/mol. The zero-order valence-corrected chi connectivity index (χ0v) is 32.2. The minimum atomic E-state index is -7.22. The third-order valence-electron chi connectivity index (χ3n) is 10.3. The number of pyridine rings is 1. The Morgan fingerprint density at radius 3 is 0.971 bits per heavy atom. The molecule has 356 valence electrons. The summed E-state index contributed by atoms with van der Waals surface area (Å²) in [6.07, 6.45) is -10.4. The normalized spacial score (nSPS) is 11.9. The van der Waals surface area contributed by atoms with Crippen molar-refractivity contribution in [1.29, 1.82) is 0 Å². The van der Waals surface area contributed by atoms with Crippen LogP contribution >= 0.6 is 0 Å². The van der Waals surface area contributed by atoms with E-state index >= 15 is 35.1 Å². The van der Waals surface area contributed by atoms with Crippen LogP contribution in [0.3, 0.4) is 0 Å². The summed E-state index contributed by atoms with van der Waals surface area (Å²) in [5.41, 5.74) is -14.7. The van der Waals surface area contributed by atoms with Crippen LogP contribution in [0.25, 0.3) is 10.8 Å². The molecule has 0 fully saturated rings. The minimum Gasteiger partial charge on any atom is -0.287 e. The number of rotatable bonds is 7. The Morgan fingerprint density at radius 1 is 0.382 bits per heavy atom. The smallest absolute Gasteiger partial charge is 0.287 e. The van der Waals surface area contributed by atoms with Gasteiger partial charge in [-0.3, -0.25) is 4.79 Å². The second-order valence-electron chi connectivity index (χ2n) is 14.0. The molecule has 0 unspecified atom stereocenters. The average Bonchev–Trinajstić information content (AvgIpc) is 3.31. The molecule has 0 aliphatic heterocycles. The van der Waals surface area contributed by atoms with Gasteiger partial charge in [0.1, 0.15) is 52.7 Å². The predicted molar refractivity (Wildman–Crippen MR) is 189 cm³/mol. The monoisotopic (exact) mass is 995 g/mol. The fraction of sp³-hybridized carbons (Fsp3) is 0.0476. The van der Waals surface area contributed by atoms with E-state index in [-0.39, 0.29) is 17.7 Å². The number of ketones is 1. The first-order valence-corrected chi connectivity index (χ1v) is 18.0. The van der Waals surface area contributed by atoms with Crippen LogP contribution in [0.4, 0.5) is 101 Å². The molecular formula is C42H13BF23NO. The number of aromatic nitrogens is 1. The molecule has 1 aromatic heterocycles. The summed E-state index contributed by atoms with van der Waals surface area (Å²) in [4.78, 5) is 12.2. The highest BCUT2D eigenvalue weighted by molar-refractivity contribution is 7.20. The number of halogens is 23. The molecule has 26 heteroatoms. The Bertz CT molecular complexity index is 2830. The lowest BCUT2D eigenvalue weighted by Crippen LogP contribution is -2.81. The molecule has 6 aromatic carbocycles. The van der Waals surface area contributed by atoms with Crippen molar-refractivity contribution in [2.45, 2.75) is 12.7 Å². The van der Waals surface area contributed by atoms with Gasteiger partial charge in [0.05, 0.1) is 5.39 Å². The number of nitrogens with zero attached hydrogens (tertiary/aromatic N) is 1. The second kappa shape index (κ2) is 18.2. The van der Waals surface area contributed by atoms with Gasteiger partial charge in [-0.1, -0.05) is 48.5 Å². The topological polar surface area (TPSA) is 20.9 Å². The first-order chi connectivity index (χ1) is 31.7. The van der Waals surface area contributed by atoms with Gasteiger partial charge in [-0.05, 0) is 11.5 Å². The SMILES string of the molecule is Fc1c(F)c(F)c([B-](c2c(F)c(F)c(F)c(F)c2F)(c2c(F)c(F)c(F)c(F)c2F)c2c(F)c(F)c(F)c(F)c2F)c(F)c1F.O=C(C[n+]1ccc2ccccc2c1C(F)(F)F)c1ccccc1. The summed E-state index contributed by atoms with van der Waals surface area (Å²) in [6.45, 7) is -0.357. The Balaban J connectivity index is 0.000000276. The Kier molecular flexibility index (Phi) is 13.4. The number of carbonyl (C=O) groups is 1. The highest BCUT2D eigenvalue weighted by atomic mass is 19.4. The van der Waals surface area contributed by atoms with Gasteiger partial charge in [0.15, 0.2) is 76.0 Å². The van der Waals surface area contributed by atoms with Crippen molar-refractivity contribution in [3.8, 4) is 0 Å². The minimum absolute atomic E-state index is 0.0864. The molecule has 0 aliphatic carbocycles. The lowest BCUT2D eigenvalue weighted by molar-refractivity contribution is -0.700. The predicted octanol–water partition coefficient (Wildman–Crippen LogP) is 9.87. The molecule has 0 saturated carbocycles. The number of hydrogen-bond acceptors (Lipinski definition) is 1. The summed E-state index contributed by atoms with van der Waals surface area (Å²) in [5.74, 6) is -71.8. The molecule has 0 radical (unpaired) electrons. The Labute approximate surface area is 362 Å². The summed E-state index contributed by atoms with van der Waals surface area (Å²) in [5, 5.41) is 0.576. The molecule has 0 N–H and O–H groups in total. The molecular weight excluding hydrogens is 982 g/mol. The van der Waals surface area contributed by atoms with Crippen LogP contribution in [0.2, 0.25) is 0 Å². The number of alkyl halides is 3. The number of carbonyl (C=O) groups excluding carboxylic acids is 1. The third-order valence-corrected chi connectivity index (χ3v) is 10.3. The lowest BCUT2D eigenvalue weighted by atomic mass is 9.12. The van der Waals surface area contributed by atoms with Crippen LogP contribution in [0, 0.1) is 116 Å². The Morgan fingerprint density at radius 2 is 0.662 bits per heavy atom. The molecule has 7 rings (SSSR count). The van der Waals surface area contributed by atoms with Gasteiger partial charge < -0.3 is 0 Å². The van der Waals surface area contributed by atoms with E-state index in [2.05, 4.69) is 0 Å². The van der Waals surface area contributed by atoms with Crippen molar-refractivity contribution in [1.82, 2.24) is 0 Å². The zero-order chi connectivity index (χ0) is 50.8. The van der Waals surface area contributed by atoms with E-state index in [9.17, 15) is 70.7 Å². The summed E-state index contributed by atoms with van der Waals surface area (Å²) in [7, 11) is 0. The number of Topliss-reactive ketones (excluding diaryl/α,β-unsaturated/α-hetero) is 1. The third kappa shape index (κ3) is 7.81. The van der Waals surface area contributed by atoms with E-state index in [4.69, 9.17) is 0 Å². The van der Waals surface area contributed by atoms with E-state index in [1.807, 2.05) is 0 Å². The van der Waals surface area contributed by atoms with Gasteiger partial charge >= 0.3 is 6.18 Å². The molecule has 1 heterocycles. The fourth-order valence-electron chi connectivity index (χ4n) is 7.45. The molecule has 0 saturated heterocycles. The number of benzene rings is 6. The zero-order valence-electron chi connectivity index (χ0n) is 32.2. The van der Waals surface area contributed by atoms with E-state index in [0.717, 1.165) is 4.57 Å². The fourth-order valence-corrected chi connectivity index (χ4v) is 7.45. The maximum atomic E-state index is 15.4. The van der Waals surface area contributed by atoms with Crippen molar-refractivity contribution in [2.24, 2.45) is 0 Å². The summed E-state index contributed by atoms with van der Waals surface area (Å²) >= 11 is 0. The van der Waals surface area contributed by atoms with Crippen LogP contribution in [-0.4, -0.2) is 11.9 Å². The highest BCUT2D eigenvalue weighted by Gasteiger charge is 2.52. The molecule has 0 atom stereocenters. The van der Waals surface area contributed by atoms with E-state index < -0.39 is 156 Å². The van der Waals surface area contributed by atoms with Crippen LogP contribution < -0.4 is 26.4 Å². The van der Waals surface area contributed by atoms with Crippen LogP contribution in [0.15, 0.2) is 66.9 Å². The maximum absolute atomic E-state index is 15.4. The highest BCUT2D eigenvalue weighted by Crippen LogP contribution is 2.33. The van der Waals surface area contributed by atoms with Gasteiger partial charge in [-0.15, -0.1) is 21.9 Å². The van der Waals surface area contributed by atoms with Crippen LogP contribution in [-0.2, 0) is 12.7 Å². The molecule has 0 spiro atoms.